The van der Waals surface area contributed by atoms with Gasteiger partial charge in [0.2, 0.25) is 0 Å². The second-order valence-electron chi connectivity index (χ2n) is 7.12. The Morgan fingerprint density at radius 1 is 1.28 bits per heavy atom. The lowest BCUT2D eigenvalue weighted by atomic mass is 9.88. The first kappa shape index (κ1) is 18.0. The molecule has 2 N–H and O–H groups in total. The summed E-state index contributed by atoms with van der Waals surface area (Å²) in [7, 11) is 0. The molecule has 0 spiro atoms. The van der Waals surface area contributed by atoms with Gasteiger partial charge in [-0.2, -0.15) is 0 Å². The molecule has 1 aromatic heterocycles. The molecule has 138 valence electrons. The van der Waals surface area contributed by atoms with E-state index in [1.807, 2.05) is 12.1 Å². The molecule has 0 radical (unpaired) electrons. The van der Waals surface area contributed by atoms with Crippen LogP contribution in [0.15, 0.2) is 18.3 Å². The van der Waals surface area contributed by atoms with Gasteiger partial charge in [0, 0.05) is 25.8 Å². The molecule has 2 unspecified atom stereocenters. The van der Waals surface area contributed by atoms with Gasteiger partial charge in [-0.3, -0.25) is 0 Å². The summed E-state index contributed by atoms with van der Waals surface area (Å²) < 4.78 is 5.94. The molecule has 1 saturated carbocycles. The average molecular weight is 346 g/mol. The highest BCUT2D eigenvalue weighted by Gasteiger charge is 2.21. The number of nitrogens with one attached hydrogen (secondary N) is 2. The van der Waals surface area contributed by atoms with Crippen LogP contribution in [0, 0.1) is 5.92 Å². The Hall–Kier alpha value is -1.82. The minimum Gasteiger partial charge on any atom is -0.376 e. The van der Waals surface area contributed by atoms with Gasteiger partial charge in [-0.25, -0.2) is 9.78 Å². The molecule has 25 heavy (non-hydrogen) atoms. The minimum absolute atomic E-state index is 0.200. The van der Waals surface area contributed by atoms with Crippen molar-refractivity contribution in [2.45, 2.75) is 51.6 Å². The lowest BCUT2D eigenvalue weighted by molar-refractivity contribution is -0.00232. The first-order chi connectivity index (χ1) is 12.2. The van der Waals surface area contributed by atoms with Crippen molar-refractivity contribution in [1.82, 2.24) is 10.3 Å². The van der Waals surface area contributed by atoms with Crippen molar-refractivity contribution >= 4 is 17.5 Å². The van der Waals surface area contributed by atoms with Gasteiger partial charge in [0.25, 0.3) is 0 Å². The van der Waals surface area contributed by atoms with Gasteiger partial charge in [-0.15, -0.1) is 0 Å². The lowest BCUT2D eigenvalue weighted by Crippen LogP contribution is -2.34. The quantitative estimate of drug-likeness (QED) is 0.775. The Morgan fingerprint density at radius 3 is 2.88 bits per heavy atom. The summed E-state index contributed by atoms with van der Waals surface area (Å²) in [6.07, 6.45) is 9.43. The van der Waals surface area contributed by atoms with Crippen LogP contribution in [0.5, 0.6) is 0 Å². The zero-order valence-electron chi connectivity index (χ0n) is 15.2. The predicted molar refractivity (Wildman–Crippen MR) is 100 cm³/mol. The smallest absolute Gasteiger partial charge is 0.319 e. The zero-order chi connectivity index (χ0) is 17.5. The van der Waals surface area contributed by atoms with Crippen LogP contribution in [0.1, 0.15) is 45.4 Å². The fraction of sp³-hybridized carbons (Fsp3) is 0.684. The van der Waals surface area contributed by atoms with Gasteiger partial charge in [-0.05, 0) is 43.7 Å². The van der Waals surface area contributed by atoms with Gasteiger partial charge in [0.05, 0.1) is 18.4 Å². The van der Waals surface area contributed by atoms with E-state index in [-0.39, 0.29) is 6.03 Å². The number of rotatable bonds is 6. The van der Waals surface area contributed by atoms with Crippen molar-refractivity contribution < 1.29 is 9.53 Å². The fourth-order valence-corrected chi connectivity index (χ4v) is 3.75. The van der Waals surface area contributed by atoms with Gasteiger partial charge in [-0.1, -0.05) is 19.8 Å². The van der Waals surface area contributed by atoms with Crippen LogP contribution < -0.4 is 15.5 Å². The van der Waals surface area contributed by atoms with E-state index in [0.717, 1.165) is 31.0 Å². The number of hydrogen-bond donors (Lipinski definition) is 2. The number of nitrogens with zero attached hydrogens (tertiary/aromatic N) is 2. The summed E-state index contributed by atoms with van der Waals surface area (Å²) >= 11 is 0. The van der Waals surface area contributed by atoms with Crippen LogP contribution >= 0.6 is 0 Å². The van der Waals surface area contributed by atoms with Crippen molar-refractivity contribution in [1.29, 1.82) is 0 Å². The molecule has 2 aliphatic rings. The average Bonchev–Trinajstić information content (AvgIpc) is 3.15. The summed E-state index contributed by atoms with van der Waals surface area (Å²) in [5.41, 5.74) is 0.767. The lowest BCUT2D eigenvalue weighted by Gasteiger charge is -2.28. The highest BCUT2D eigenvalue weighted by atomic mass is 16.5. The third-order valence-corrected chi connectivity index (χ3v) is 5.19. The first-order valence-corrected chi connectivity index (χ1v) is 9.60. The topological polar surface area (TPSA) is 66.5 Å². The maximum absolute atomic E-state index is 12.2. The molecule has 1 aliphatic heterocycles. The molecular formula is C19H30N4O2. The molecule has 2 heterocycles. The van der Waals surface area contributed by atoms with Crippen molar-refractivity contribution in [3.8, 4) is 0 Å². The summed E-state index contributed by atoms with van der Waals surface area (Å²) in [5.74, 6) is 1.49. The molecule has 1 saturated heterocycles. The second kappa shape index (κ2) is 9.04. The molecule has 0 bridgehead atoms. The molecule has 2 atom stereocenters. The van der Waals surface area contributed by atoms with E-state index < -0.39 is 0 Å². The Morgan fingerprint density at radius 2 is 2.08 bits per heavy atom. The number of carbonyl (C=O) groups is 1. The van der Waals surface area contributed by atoms with Crippen LogP contribution in [0.2, 0.25) is 0 Å². The van der Waals surface area contributed by atoms with Gasteiger partial charge >= 0.3 is 6.03 Å². The maximum atomic E-state index is 12.2. The van der Waals surface area contributed by atoms with Crippen molar-refractivity contribution in [3.05, 3.63) is 18.3 Å². The van der Waals surface area contributed by atoms with Crippen LogP contribution in [0.25, 0.3) is 0 Å². The highest BCUT2D eigenvalue weighted by Crippen LogP contribution is 2.27. The van der Waals surface area contributed by atoms with E-state index in [9.17, 15) is 4.79 Å². The number of hydrogen-bond acceptors (Lipinski definition) is 4. The Balaban J connectivity index is 1.42. The third-order valence-electron chi connectivity index (χ3n) is 5.19. The van der Waals surface area contributed by atoms with Gasteiger partial charge < -0.3 is 20.3 Å². The monoisotopic (exact) mass is 346 g/mol. The summed E-state index contributed by atoms with van der Waals surface area (Å²) in [6.45, 7) is 5.34. The number of urea groups is 1. The van der Waals surface area contributed by atoms with Crippen LogP contribution in [0.3, 0.4) is 0 Å². The number of ether oxygens (including phenoxy) is 1. The first-order valence-electron chi connectivity index (χ1n) is 9.60. The molecule has 1 aromatic rings. The predicted octanol–water partition coefficient (Wildman–Crippen LogP) is 3.40. The van der Waals surface area contributed by atoms with Crippen LogP contribution in [0.4, 0.5) is 16.3 Å². The minimum atomic E-state index is -0.200. The van der Waals surface area contributed by atoms with Gasteiger partial charge in [0.15, 0.2) is 5.82 Å². The Labute approximate surface area is 150 Å². The number of aromatic nitrogens is 1. The van der Waals surface area contributed by atoms with Crippen LogP contribution in [-0.4, -0.2) is 43.4 Å². The summed E-state index contributed by atoms with van der Waals surface area (Å²) in [6, 6.07) is 3.55. The van der Waals surface area contributed by atoms with E-state index in [4.69, 9.17) is 4.74 Å². The van der Waals surface area contributed by atoms with Crippen LogP contribution in [-0.2, 0) is 4.74 Å². The van der Waals surface area contributed by atoms with E-state index in [2.05, 4.69) is 27.4 Å². The Bertz CT molecular complexity index is 560. The zero-order valence-corrected chi connectivity index (χ0v) is 15.2. The normalized spacial score (nSPS) is 23.5. The third kappa shape index (κ3) is 5.08. The fourth-order valence-electron chi connectivity index (χ4n) is 3.75. The largest absolute Gasteiger partial charge is 0.376 e. The summed E-state index contributed by atoms with van der Waals surface area (Å²) in [4.78, 5) is 18.8. The highest BCUT2D eigenvalue weighted by molar-refractivity contribution is 5.92. The molecule has 2 fully saturated rings. The number of carbonyl (C=O) groups excluding carboxylic acids is 1. The second-order valence-corrected chi connectivity index (χ2v) is 7.12. The Kier molecular flexibility index (Phi) is 6.50. The molecule has 6 heteroatoms. The molecule has 2 amide bonds. The van der Waals surface area contributed by atoms with Gasteiger partial charge in [0.1, 0.15) is 0 Å². The standard InChI is InChI=1S/C19H30N4O2/c1-15-7-2-3-9-17(15)25-14-11-21-19(24)22-16-8-6-10-20-18(16)23-12-4-5-13-23/h6,8,10,15,17H,2-5,7,9,11-14H2,1H3,(H2,21,22,24). The number of anilines is 2. The van der Waals surface area contributed by atoms with Crippen molar-refractivity contribution in [2.24, 2.45) is 5.92 Å². The molecule has 6 nitrogen and oxygen atoms in total. The van der Waals surface area contributed by atoms with E-state index in [0.29, 0.717) is 25.2 Å². The number of amides is 2. The van der Waals surface area contributed by atoms with E-state index in [1.54, 1.807) is 6.20 Å². The maximum Gasteiger partial charge on any atom is 0.319 e. The molecule has 1 aliphatic carbocycles. The SMILES string of the molecule is CC1CCCCC1OCCNC(=O)Nc1cccnc1N1CCCC1. The molecule has 0 aromatic carbocycles. The number of pyridine rings is 1. The van der Waals surface area contributed by atoms with E-state index in [1.165, 1.54) is 32.1 Å². The van der Waals surface area contributed by atoms with Crippen molar-refractivity contribution in [3.63, 3.8) is 0 Å². The van der Waals surface area contributed by atoms with Crippen molar-refractivity contribution in [2.75, 3.05) is 36.5 Å². The summed E-state index contributed by atoms with van der Waals surface area (Å²) in [5, 5.41) is 5.81. The molecular weight excluding hydrogens is 316 g/mol. The van der Waals surface area contributed by atoms with E-state index >= 15 is 0 Å². The molecule has 3 rings (SSSR count).